The molecule has 5 nitrogen and oxygen atoms in total. The average Bonchev–Trinajstić information content (AvgIpc) is 2.99. The summed E-state index contributed by atoms with van der Waals surface area (Å²) in [5.74, 6) is -0.495. The molecule has 2 aliphatic rings. The summed E-state index contributed by atoms with van der Waals surface area (Å²) in [6.07, 6.45) is 6.59. The maximum absolute atomic E-state index is 11.6. The first-order valence-corrected chi connectivity index (χ1v) is 6.27. The number of aliphatic imine (C=N–C) groups is 1. The number of benzene rings is 1. The summed E-state index contributed by atoms with van der Waals surface area (Å²) < 4.78 is 0. The SMILES string of the molecule is NC(=O)c1cccc(CC=O)c1N1C=C2C=NC=C2C1. The van der Waals surface area contributed by atoms with Crippen LogP contribution in [-0.4, -0.2) is 25.0 Å². The molecular formula is C15H13N3O2. The van der Waals surface area contributed by atoms with Crippen molar-refractivity contribution in [2.75, 3.05) is 11.4 Å². The Morgan fingerprint density at radius 2 is 2.30 bits per heavy atom. The Balaban J connectivity index is 2.10. The van der Waals surface area contributed by atoms with Crippen LogP contribution >= 0.6 is 0 Å². The van der Waals surface area contributed by atoms with Crippen LogP contribution in [0.2, 0.25) is 0 Å². The first-order chi connectivity index (χ1) is 9.70. The van der Waals surface area contributed by atoms with E-state index in [0.717, 1.165) is 23.0 Å². The number of fused-ring (bicyclic) bond motifs is 1. The lowest BCUT2D eigenvalue weighted by atomic mass is 10.0. The summed E-state index contributed by atoms with van der Waals surface area (Å²) in [6, 6.07) is 5.26. The van der Waals surface area contributed by atoms with Gasteiger partial charge >= 0.3 is 0 Å². The third-order valence-electron chi connectivity index (χ3n) is 3.43. The molecule has 0 fully saturated rings. The van der Waals surface area contributed by atoms with E-state index in [-0.39, 0.29) is 6.42 Å². The van der Waals surface area contributed by atoms with Gasteiger partial charge in [0.15, 0.2) is 0 Å². The topological polar surface area (TPSA) is 75.8 Å². The van der Waals surface area contributed by atoms with Crippen LogP contribution in [0.1, 0.15) is 15.9 Å². The van der Waals surface area contributed by atoms with Crippen molar-refractivity contribution in [3.63, 3.8) is 0 Å². The van der Waals surface area contributed by atoms with E-state index in [9.17, 15) is 9.59 Å². The van der Waals surface area contributed by atoms with Gasteiger partial charge in [0.2, 0.25) is 0 Å². The van der Waals surface area contributed by atoms with Gasteiger partial charge in [-0.1, -0.05) is 12.1 Å². The van der Waals surface area contributed by atoms with Crippen molar-refractivity contribution in [1.29, 1.82) is 0 Å². The molecule has 0 atom stereocenters. The Kier molecular flexibility index (Phi) is 2.95. The van der Waals surface area contributed by atoms with Gasteiger partial charge in [-0.3, -0.25) is 9.79 Å². The minimum Gasteiger partial charge on any atom is -0.366 e. The van der Waals surface area contributed by atoms with E-state index in [0.29, 0.717) is 17.8 Å². The number of aldehydes is 1. The van der Waals surface area contributed by atoms with Crippen LogP contribution in [0.3, 0.4) is 0 Å². The molecule has 0 bridgehead atoms. The quantitative estimate of drug-likeness (QED) is 0.833. The molecule has 1 amide bonds. The highest BCUT2D eigenvalue weighted by Gasteiger charge is 2.25. The van der Waals surface area contributed by atoms with Crippen LogP contribution < -0.4 is 10.6 Å². The minimum atomic E-state index is -0.495. The number of carbonyl (C=O) groups excluding carboxylic acids is 2. The van der Waals surface area contributed by atoms with Crippen LogP contribution in [0, 0.1) is 0 Å². The van der Waals surface area contributed by atoms with Crippen LogP contribution in [-0.2, 0) is 11.2 Å². The molecule has 0 aromatic heterocycles. The lowest BCUT2D eigenvalue weighted by Gasteiger charge is -2.21. The fourth-order valence-corrected chi connectivity index (χ4v) is 2.54. The zero-order chi connectivity index (χ0) is 14.1. The maximum Gasteiger partial charge on any atom is 0.250 e. The molecule has 0 unspecified atom stereocenters. The molecule has 1 aromatic rings. The van der Waals surface area contributed by atoms with Gasteiger partial charge in [-0.05, 0) is 11.6 Å². The van der Waals surface area contributed by atoms with Crippen molar-refractivity contribution in [2.45, 2.75) is 6.42 Å². The molecule has 0 saturated heterocycles. The zero-order valence-electron chi connectivity index (χ0n) is 10.7. The summed E-state index contributed by atoms with van der Waals surface area (Å²) in [7, 11) is 0. The number of rotatable bonds is 4. The molecule has 1 aromatic carbocycles. The highest BCUT2D eigenvalue weighted by molar-refractivity contribution is 6.01. The molecule has 0 spiro atoms. The Morgan fingerprint density at radius 3 is 3.00 bits per heavy atom. The molecule has 100 valence electrons. The van der Waals surface area contributed by atoms with Gasteiger partial charge < -0.3 is 15.4 Å². The molecule has 5 heteroatoms. The second-order valence-electron chi connectivity index (χ2n) is 4.69. The number of para-hydroxylation sites is 1. The second-order valence-corrected chi connectivity index (χ2v) is 4.69. The highest BCUT2D eigenvalue weighted by Crippen LogP contribution is 2.33. The fraction of sp³-hybridized carbons (Fsp3) is 0.133. The molecular weight excluding hydrogens is 254 g/mol. The largest absolute Gasteiger partial charge is 0.366 e. The number of anilines is 1. The monoisotopic (exact) mass is 267 g/mol. The predicted molar refractivity (Wildman–Crippen MR) is 76.7 cm³/mol. The number of nitrogens with zero attached hydrogens (tertiary/aromatic N) is 2. The van der Waals surface area contributed by atoms with Crippen LogP contribution in [0.15, 0.2) is 46.7 Å². The lowest BCUT2D eigenvalue weighted by molar-refractivity contribution is -0.107. The first-order valence-electron chi connectivity index (χ1n) is 6.27. The van der Waals surface area contributed by atoms with E-state index in [1.54, 1.807) is 24.5 Å². The van der Waals surface area contributed by atoms with Gasteiger partial charge in [0, 0.05) is 42.7 Å². The van der Waals surface area contributed by atoms with Crippen molar-refractivity contribution in [3.8, 4) is 0 Å². The molecule has 3 rings (SSSR count). The summed E-state index contributed by atoms with van der Waals surface area (Å²) >= 11 is 0. The fourth-order valence-electron chi connectivity index (χ4n) is 2.54. The third-order valence-corrected chi connectivity index (χ3v) is 3.43. The van der Waals surface area contributed by atoms with Crippen molar-refractivity contribution in [1.82, 2.24) is 0 Å². The van der Waals surface area contributed by atoms with Crippen LogP contribution in [0.5, 0.6) is 0 Å². The van der Waals surface area contributed by atoms with Crippen molar-refractivity contribution < 1.29 is 9.59 Å². The Bertz CT molecular complexity index is 686. The summed E-state index contributed by atoms with van der Waals surface area (Å²) in [5, 5.41) is 0. The van der Waals surface area contributed by atoms with Gasteiger partial charge in [0.25, 0.3) is 5.91 Å². The normalized spacial score (nSPS) is 15.9. The summed E-state index contributed by atoms with van der Waals surface area (Å²) in [5.41, 5.74) is 9.51. The van der Waals surface area contributed by atoms with E-state index in [4.69, 9.17) is 5.73 Å². The number of amides is 1. The van der Waals surface area contributed by atoms with E-state index >= 15 is 0 Å². The highest BCUT2D eigenvalue weighted by atomic mass is 16.1. The summed E-state index contributed by atoms with van der Waals surface area (Å²) in [6.45, 7) is 0.630. The van der Waals surface area contributed by atoms with E-state index in [1.165, 1.54) is 0 Å². The van der Waals surface area contributed by atoms with E-state index in [1.807, 2.05) is 17.2 Å². The van der Waals surface area contributed by atoms with Gasteiger partial charge in [-0.15, -0.1) is 0 Å². The standard InChI is InChI=1S/C15H13N3O2/c16-15(20)13-3-1-2-10(4-5-19)14(13)18-8-11-6-17-7-12(11)9-18/h1-3,5-8H,4,9H2,(H2,16,20). The summed E-state index contributed by atoms with van der Waals surface area (Å²) in [4.78, 5) is 28.5. The van der Waals surface area contributed by atoms with E-state index < -0.39 is 5.91 Å². The molecule has 0 saturated carbocycles. The van der Waals surface area contributed by atoms with Gasteiger partial charge in [-0.2, -0.15) is 0 Å². The minimum absolute atomic E-state index is 0.253. The first kappa shape index (κ1) is 12.3. The Labute approximate surface area is 116 Å². The smallest absolute Gasteiger partial charge is 0.250 e. The van der Waals surface area contributed by atoms with Crippen LogP contribution in [0.25, 0.3) is 0 Å². The van der Waals surface area contributed by atoms with E-state index in [2.05, 4.69) is 4.99 Å². The number of hydrogen-bond acceptors (Lipinski definition) is 4. The molecule has 2 aliphatic heterocycles. The zero-order valence-corrected chi connectivity index (χ0v) is 10.7. The molecule has 0 aliphatic carbocycles. The van der Waals surface area contributed by atoms with Crippen molar-refractivity contribution in [2.24, 2.45) is 10.7 Å². The lowest BCUT2D eigenvalue weighted by Crippen LogP contribution is -2.22. The average molecular weight is 267 g/mol. The van der Waals surface area contributed by atoms with Gasteiger partial charge in [-0.25, -0.2) is 0 Å². The van der Waals surface area contributed by atoms with Crippen LogP contribution in [0.4, 0.5) is 5.69 Å². The Hall–Kier alpha value is -2.69. The van der Waals surface area contributed by atoms with Gasteiger partial charge in [0.1, 0.15) is 6.29 Å². The van der Waals surface area contributed by atoms with Gasteiger partial charge in [0.05, 0.1) is 11.3 Å². The number of primary amides is 1. The third kappa shape index (κ3) is 1.93. The maximum atomic E-state index is 11.6. The Morgan fingerprint density at radius 1 is 1.45 bits per heavy atom. The molecule has 0 radical (unpaired) electrons. The number of hydrogen-bond donors (Lipinski definition) is 1. The van der Waals surface area contributed by atoms with Crippen molar-refractivity contribution in [3.05, 3.63) is 52.9 Å². The molecule has 2 N–H and O–H groups in total. The molecule has 2 heterocycles. The number of nitrogens with two attached hydrogens (primary N) is 1. The second kappa shape index (κ2) is 4.77. The van der Waals surface area contributed by atoms with Crippen molar-refractivity contribution >= 4 is 24.1 Å². The number of carbonyl (C=O) groups is 2. The predicted octanol–water partition coefficient (Wildman–Crippen LogP) is 1.20. The molecule has 20 heavy (non-hydrogen) atoms.